The number of rotatable bonds is 1. The lowest BCUT2D eigenvalue weighted by Gasteiger charge is -2.15. The van der Waals surface area contributed by atoms with Crippen molar-refractivity contribution in [2.75, 3.05) is 16.4 Å². The Bertz CT molecular complexity index is 755. The standard InChI is InChI=1S/C14H11N3O3/c15-7-4-5-10(11(18)6-7)17-13(19)8-2-1-3-9(16)12(8)14(17)20/h1-6,18H,15-16H2. The summed E-state index contributed by atoms with van der Waals surface area (Å²) in [7, 11) is 0. The normalized spacial score (nSPS) is 13.7. The summed E-state index contributed by atoms with van der Waals surface area (Å²) in [5, 5.41) is 9.88. The van der Waals surface area contributed by atoms with Crippen LogP contribution in [-0.4, -0.2) is 16.9 Å². The molecule has 0 fully saturated rings. The lowest BCUT2D eigenvalue weighted by molar-refractivity contribution is 0.0925. The van der Waals surface area contributed by atoms with Gasteiger partial charge in [-0.2, -0.15) is 0 Å². The number of hydrogen-bond donors (Lipinski definition) is 3. The third-order valence-electron chi connectivity index (χ3n) is 3.19. The summed E-state index contributed by atoms with van der Waals surface area (Å²) in [6, 6.07) is 8.88. The first-order valence-electron chi connectivity index (χ1n) is 5.86. The Hall–Kier alpha value is -3.02. The number of hydrogen-bond acceptors (Lipinski definition) is 5. The van der Waals surface area contributed by atoms with Gasteiger partial charge in [0.15, 0.2) is 0 Å². The molecule has 0 spiro atoms. The molecule has 1 aliphatic rings. The Balaban J connectivity index is 2.17. The highest BCUT2D eigenvalue weighted by Gasteiger charge is 2.39. The molecule has 3 rings (SSSR count). The number of anilines is 3. The van der Waals surface area contributed by atoms with Crippen LogP contribution in [0.5, 0.6) is 5.75 Å². The maximum absolute atomic E-state index is 12.3. The average molecular weight is 269 g/mol. The molecule has 0 saturated carbocycles. The second-order valence-electron chi connectivity index (χ2n) is 4.46. The van der Waals surface area contributed by atoms with Crippen molar-refractivity contribution < 1.29 is 14.7 Å². The molecule has 0 bridgehead atoms. The minimum Gasteiger partial charge on any atom is -0.506 e. The minimum absolute atomic E-state index is 0.0878. The van der Waals surface area contributed by atoms with Gasteiger partial charge in [-0.1, -0.05) is 6.07 Å². The van der Waals surface area contributed by atoms with Crippen molar-refractivity contribution in [2.24, 2.45) is 0 Å². The van der Waals surface area contributed by atoms with Crippen LogP contribution in [0.1, 0.15) is 20.7 Å². The quantitative estimate of drug-likeness (QED) is 0.535. The van der Waals surface area contributed by atoms with Crippen LogP contribution in [0.25, 0.3) is 0 Å². The van der Waals surface area contributed by atoms with Gasteiger partial charge in [-0.05, 0) is 24.3 Å². The Morgan fingerprint density at radius 1 is 1.00 bits per heavy atom. The minimum atomic E-state index is -0.553. The predicted molar refractivity (Wildman–Crippen MR) is 74.5 cm³/mol. The number of nitrogen functional groups attached to an aromatic ring is 2. The van der Waals surface area contributed by atoms with Crippen molar-refractivity contribution in [3.8, 4) is 5.75 Å². The van der Waals surface area contributed by atoms with Crippen LogP contribution in [0.15, 0.2) is 36.4 Å². The Morgan fingerprint density at radius 2 is 1.75 bits per heavy atom. The summed E-state index contributed by atoms with van der Waals surface area (Å²) in [5.74, 6) is -1.31. The summed E-state index contributed by atoms with van der Waals surface area (Å²) in [6.45, 7) is 0. The number of nitrogens with two attached hydrogens (primary N) is 2. The molecule has 0 atom stereocenters. The first kappa shape index (κ1) is 12.0. The lowest BCUT2D eigenvalue weighted by Crippen LogP contribution is -2.29. The fourth-order valence-electron chi connectivity index (χ4n) is 2.26. The van der Waals surface area contributed by atoms with Crippen LogP contribution in [0.3, 0.4) is 0 Å². The zero-order valence-electron chi connectivity index (χ0n) is 10.3. The number of amides is 2. The monoisotopic (exact) mass is 269 g/mol. The van der Waals surface area contributed by atoms with Gasteiger partial charge in [0, 0.05) is 17.4 Å². The third-order valence-corrected chi connectivity index (χ3v) is 3.19. The molecular formula is C14H11N3O3. The molecule has 6 heteroatoms. The first-order valence-corrected chi connectivity index (χ1v) is 5.86. The van der Waals surface area contributed by atoms with Crippen LogP contribution in [0.4, 0.5) is 17.1 Å². The second-order valence-corrected chi connectivity index (χ2v) is 4.46. The van der Waals surface area contributed by atoms with Gasteiger partial charge in [0.1, 0.15) is 5.75 Å². The Morgan fingerprint density at radius 3 is 2.40 bits per heavy atom. The van der Waals surface area contributed by atoms with Crippen LogP contribution < -0.4 is 16.4 Å². The summed E-state index contributed by atoms with van der Waals surface area (Å²) in [5.41, 5.74) is 12.3. The van der Waals surface area contributed by atoms with Gasteiger partial charge in [-0.15, -0.1) is 0 Å². The molecule has 0 radical (unpaired) electrons. The number of benzene rings is 2. The summed E-state index contributed by atoms with van der Waals surface area (Å²) in [4.78, 5) is 25.6. The van der Waals surface area contributed by atoms with E-state index in [9.17, 15) is 14.7 Å². The van der Waals surface area contributed by atoms with Gasteiger partial charge in [0.25, 0.3) is 11.8 Å². The number of nitrogens with zero attached hydrogens (tertiary/aromatic N) is 1. The molecule has 2 amide bonds. The van der Waals surface area contributed by atoms with Crippen molar-refractivity contribution in [1.82, 2.24) is 0 Å². The van der Waals surface area contributed by atoms with Crippen molar-refractivity contribution >= 4 is 28.9 Å². The van der Waals surface area contributed by atoms with Crippen LogP contribution in [0, 0.1) is 0 Å². The smallest absolute Gasteiger partial charge is 0.268 e. The highest BCUT2D eigenvalue weighted by atomic mass is 16.3. The number of phenols is 1. The van der Waals surface area contributed by atoms with E-state index in [1.54, 1.807) is 12.1 Å². The van der Waals surface area contributed by atoms with Gasteiger partial charge < -0.3 is 16.6 Å². The summed E-state index contributed by atoms with van der Waals surface area (Å²) < 4.78 is 0. The molecule has 0 aliphatic carbocycles. The van der Waals surface area contributed by atoms with Gasteiger partial charge in [-0.3, -0.25) is 9.59 Å². The molecule has 20 heavy (non-hydrogen) atoms. The second kappa shape index (κ2) is 3.99. The average Bonchev–Trinajstić information content (AvgIpc) is 2.64. The maximum Gasteiger partial charge on any atom is 0.268 e. The third kappa shape index (κ3) is 1.51. The molecule has 0 aromatic heterocycles. The van der Waals surface area contributed by atoms with E-state index >= 15 is 0 Å². The zero-order valence-corrected chi connectivity index (χ0v) is 10.3. The molecule has 2 aromatic rings. The van der Waals surface area contributed by atoms with E-state index in [1.165, 1.54) is 24.3 Å². The van der Waals surface area contributed by atoms with Gasteiger partial charge in [0.2, 0.25) is 0 Å². The Kier molecular flexibility index (Phi) is 2.40. The molecule has 0 saturated heterocycles. The number of aromatic hydroxyl groups is 1. The van der Waals surface area contributed by atoms with Crippen molar-refractivity contribution in [1.29, 1.82) is 0 Å². The van der Waals surface area contributed by atoms with Gasteiger partial charge in [-0.25, -0.2) is 4.90 Å². The lowest BCUT2D eigenvalue weighted by atomic mass is 10.1. The molecule has 2 aromatic carbocycles. The topological polar surface area (TPSA) is 110 Å². The van der Waals surface area contributed by atoms with Gasteiger partial charge >= 0.3 is 0 Å². The van der Waals surface area contributed by atoms with Gasteiger partial charge in [0.05, 0.1) is 16.8 Å². The molecule has 1 aliphatic heterocycles. The molecule has 6 nitrogen and oxygen atoms in total. The largest absolute Gasteiger partial charge is 0.506 e. The number of phenolic OH excluding ortho intramolecular Hbond substituents is 1. The number of carbonyl (C=O) groups is 2. The van der Waals surface area contributed by atoms with E-state index in [0.717, 1.165) is 4.90 Å². The fraction of sp³-hybridized carbons (Fsp3) is 0. The summed E-state index contributed by atoms with van der Waals surface area (Å²) >= 11 is 0. The molecule has 5 N–H and O–H groups in total. The predicted octanol–water partition coefficient (Wildman–Crippen LogP) is 1.36. The number of imide groups is 1. The van der Waals surface area contributed by atoms with E-state index < -0.39 is 11.8 Å². The van der Waals surface area contributed by atoms with Crippen LogP contribution >= 0.6 is 0 Å². The van der Waals surface area contributed by atoms with Crippen LogP contribution in [0.2, 0.25) is 0 Å². The molecular weight excluding hydrogens is 258 g/mol. The highest BCUT2D eigenvalue weighted by Crippen LogP contribution is 2.36. The SMILES string of the molecule is Nc1ccc(N2C(=O)c3cccc(N)c3C2=O)c(O)c1. The van der Waals surface area contributed by atoms with Crippen molar-refractivity contribution in [3.05, 3.63) is 47.5 Å². The van der Waals surface area contributed by atoms with E-state index in [1.807, 2.05) is 0 Å². The summed E-state index contributed by atoms with van der Waals surface area (Å²) in [6.07, 6.45) is 0. The zero-order chi connectivity index (χ0) is 14.4. The Labute approximate surface area is 114 Å². The molecule has 100 valence electrons. The van der Waals surface area contributed by atoms with Crippen LogP contribution in [-0.2, 0) is 0 Å². The van der Waals surface area contributed by atoms with Crippen molar-refractivity contribution in [2.45, 2.75) is 0 Å². The van der Waals surface area contributed by atoms with Crippen molar-refractivity contribution in [3.63, 3.8) is 0 Å². The first-order chi connectivity index (χ1) is 9.50. The highest BCUT2D eigenvalue weighted by molar-refractivity contribution is 6.36. The van der Waals surface area contributed by atoms with E-state index in [-0.39, 0.29) is 28.3 Å². The number of carbonyl (C=O) groups excluding carboxylic acids is 2. The van der Waals surface area contributed by atoms with E-state index in [4.69, 9.17) is 11.5 Å². The van der Waals surface area contributed by atoms with E-state index in [2.05, 4.69) is 0 Å². The van der Waals surface area contributed by atoms with E-state index in [0.29, 0.717) is 5.69 Å². The molecule has 0 unspecified atom stereocenters. The fourth-order valence-corrected chi connectivity index (χ4v) is 2.26. The number of fused-ring (bicyclic) bond motifs is 1. The maximum atomic E-state index is 12.3. The molecule has 1 heterocycles.